The zero-order chi connectivity index (χ0) is 13.8. The van der Waals surface area contributed by atoms with Crippen molar-refractivity contribution in [3.63, 3.8) is 0 Å². The molecule has 0 spiro atoms. The fraction of sp³-hybridized carbons (Fsp3) is 0.706. The molecule has 3 heteroatoms. The van der Waals surface area contributed by atoms with Gasteiger partial charge in [0, 0.05) is 37.6 Å². The Kier molecular flexibility index (Phi) is 4.56. The summed E-state index contributed by atoms with van der Waals surface area (Å²) in [7, 11) is 2.25. The number of hydrogen-bond acceptors (Lipinski definition) is 3. The summed E-state index contributed by atoms with van der Waals surface area (Å²) in [5.41, 5.74) is 2.51. The number of aromatic nitrogens is 1. The van der Waals surface area contributed by atoms with E-state index in [0.717, 1.165) is 12.6 Å². The van der Waals surface area contributed by atoms with E-state index in [1.807, 2.05) is 6.20 Å². The second-order valence-corrected chi connectivity index (χ2v) is 6.42. The lowest BCUT2D eigenvalue weighted by atomic mass is 10.1. The van der Waals surface area contributed by atoms with Gasteiger partial charge in [-0.2, -0.15) is 0 Å². The molecule has 0 atom stereocenters. The molecule has 0 aliphatic heterocycles. The molecule has 1 N–H and O–H groups in total. The zero-order valence-corrected chi connectivity index (χ0v) is 12.6. The van der Waals surface area contributed by atoms with Crippen molar-refractivity contribution >= 4 is 5.69 Å². The Balaban J connectivity index is 1.63. The Morgan fingerprint density at radius 3 is 2.60 bits per heavy atom. The van der Waals surface area contributed by atoms with Gasteiger partial charge in [0.05, 0.1) is 5.69 Å². The summed E-state index contributed by atoms with van der Waals surface area (Å²) in [6, 6.07) is 5.88. The van der Waals surface area contributed by atoms with Gasteiger partial charge >= 0.3 is 0 Å². The van der Waals surface area contributed by atoms with Gasteiger partial charge in [0.25, 0.3) is 0 Å². The number of rotatable bonds is 5. The SMILES string of the molecule is CN(c1ccnc(CNC2CC2)c1)C1CCCCCC1. The first-order chi connectivity index (χ1) is 9.83. The van der Waals surface area contributed by atoms with Gasteiger partial charge in [-0.25, -0.2) is 0 Å². The molecular formula is C17H27N3. The molecule has 0 bridgehead atoms. The first-order valence-electron chi connectivity index (χ1n) is 8.24. The highest BCUT2D eigenvalue weighted by atomic mass is 15.1. The van der Waals surface area contributed by atoms with Crippen LogP contribution in [0.15, 0.2) is 18.3 Å². The van der Waals surface area contributed by atoms with Crippen molar-refractivity contribution in [2.75, 3.05) is 11.9 Å². The highest BCUT2D eigenvalue weighted by Crippen LogP contribution is 2.26. The third-order valence-electron chi connectivity index (χ3n) is 4.73. The second-order valence-electron chi connectivity index (χ2n) is 6.42. The van der Waals surface area contributed by atoms with Crippen LogP contribution in [0, 0.1) is 0 Å². The smallest absolute Gasteiger partial charge is 0.0562 e. The van der Waals surface area contributed by atoms with Crippen LogP contribution in [0.3, 0.4) is 0 Å². The molecule has 110 valence electrons. The monoisotopic (exact) mass is 273 g/mol. The van der Waals surface area contributed by atoms with Crippen molar-refractivity contribution in [1.82, 2.24) is 10.3 Å². The average molecular weight is 273 g/mol. The van der Waals surface area contributed by atoms with Crippen LogP contribution in [0.4, 0.5) is 5.69 Å². The van der Waals surface area contributed by atoms with Gasteiger partial charge in [-0.1, -0.05) is 25.7 Å². The summed E-state index contributed by atoms with van der Waals surface area (Å²) in [6.07, 6.45) is 12.9. The fourth-order valence-electron chi connectivity index (χ4n) is 3.17. The van der Waals surface area contributed by atoms with Crippen LogP contribution in [-0.4, -0.2) is 24.1 Å². The fourth-order valence-corrected chi connectivity index (χ4v) is 3.17. The summed E-state index contributed by atoms with van der Waals surface area (Å²) in [5.74, 6) is 0. The van der Waals surface area contributed by atoms with Crippen LogP contribution in [-0.2, 0) is 6.54 Å². The minimum atomic E-state index is 0.712. The van der Waals surface area contributed by atoms with E-state index in [4.69, 9.17) is 0 Å². The van der Waals surface area contributed by atoms with Crippen LogP contribution in [0.5, 0.6) is 0 Å². The Labute approximate surface area is 122 Å². The lowest BCUT2D eigenvalue weighted by Crippen LogP contribution is -2.31. The summed E-state index contributed by atoms with van der Waals surface area (Å²) < 4.78 is 0. The van der Waals surface area contributed by atoms with Crippen LogP contribution < -0.4 is 10.2 Å². The van der Waals surface area contributed by atoms with E-state index in [9.17, 15) is 0 Å². The molecule has 20 heavy (non-hydrogen) atoms. The van der Waals surface area contributed by atoms with Crippen molar-refractivity contribution in [2.24, 2.45) is 0 Å². The Morgan fingerprint density at radius 1 is 1.15 bits per heavy atom. The lowest BCUT2D eigenvalue weighted by Gasteiger charge is -2.29. The molecule has 2 fully saturated rings. The van der Waals surface area contributed by atoms with E-state index in [0.29, 0.717) is 6.04 Å². The summed E-state index contributed by atoms with van der Waals surface area (Å²) in [4.78, 5) is 6.98. The van der Waals surface area contributed by atoms with Crippen molar-refractivity contribution in [3.8, 4) is 0 Å². The van der Waals surface area contributed by atoms with Crippen LogP contribution in [0.2, 0.25) is 0 Å². The molecule has 0 aromatic carbocycles. The predicted molar refractivity (Wildman–Crippen MR) is 84.0 cm³/mol. The molecule has 3 nitrogen and oxygen atoms in total. The lowest BCUT2D eigenvalue weighted by molar-refractivity contribution is 0.552. The van der Waals surface area contributed by atoms with E-state index in [2.05, 4.69) is 34.4 Å². The van der Waals surface area contributed by atoms with E-state index in [1.54, 1.807) is 0 Å². The molecule has 1 heterocycles. The first-order valence-corrected chi connectivity index (χ1v) is 8.24. The summed E-state index contributed by atoms with van der Waals surface area (Å²) in [5, 5.41) is 3.55. The molecule has 0 unspecified atom stereocenters. The maximum atomic E-state index is 4.50. The minimum absolute atomic E-state index is 0.712. The summed E-state index contributed by atoms with van der Waals surface area (Å²) in [6.45, 7) is 0.914. The Hall–Kier alpha value is -1.09. The van der Waals surface area contributed by atoms with Crippen molar-refractivity contribution in [3.05, 3.63) is 24.0 Å². The van der Waals surface area contributed by atoms with Crippen LogP contribution in [0.25, 0.3) is 0 Å². The molecule has 2 saturated carbocycles. The largest absolute Gasteiger partial charge is 0.372 e. The minimum Gasteiger partial charge on any atom is -0.372 e. The molecule has 1 aromatic heterocycles. The highest BCUT2D eigenvalue weighted by molar-refractivity contribution is 5.46. The summed E-state index contributed by atoms with van der Waals surface area (Å²) >= 11 is 0. The highest BCUT2D eigenvalue weighted by Gasteiger charge is 2.21. The van der Waals surface area contributed by atoms with Crippen LogP contribution >= 0.6 is 0 Å². The second kappa shape index (κ2) is 6.57. The molecule has 2 aliphatic rings. The average Bonchev–Trinajstić information content (AvgIpc) is 3.31. The topological polar surface area (TPSA) is 28.2 Å². The molecular weight excluding hydrogens is 246 g/mol. The van der Waals surface area contributed by atoms with Gasteiger partial charge < -0.3 is 10.2 Å². The number of pyridine rings is 1. The van der Waals surface area contributed by atoms with Gasteiger partial charge in [0.2, 0.25) is 0 Å². The van der Waals surface area contributed by atoms with Crippen molar-refractivity contribution in [2.45, 2.75) is 70.0 Å². The van der Waals surface area contributed by atoms with Gasteiger partial charge in [0.15, 0.2) is 0 Å². The molecule has 0 saturated heterocycles. The molecule has 1 aromatic rings. The zero-order valence-electron chi connectivity index (χ0n) is 12.6. The van der Waals surface area contributed by atoms with Gasteiger partial charge in [-0.05, 0) is 37.8 Å². The number of anilines is 1. The Morgan fingerprint density at radius 2 is 1.90 bits per heavy atom. The third-order valence-corrected chi connectivity index (χ3v) is 4.73. The van der Waals surface area contributed by atoms with E-state index in [-0.39, 0.29) is 0 Å². The van der Waals surface area contributed by atoms with Gasteiger partial charge in [-0.15, -0.1) is 0 Å². The van der Waals surface area contributed by atoms with E-state index >= 15 is 0 Å². The normalized spacial score (nSPS) is 20.6. The predicted octanol–water partition coefficient (Wildman–Crippen LogP) is 3.49. The van der Waals surface area contributed by atoms with Gasteiger partial charge in [0.1, 0.15) is 0 Å². The molecule has 0 radical (unpaired) electrons. The van der Waals surface area contributed by atoms with Crippen molar-refractivity contribution < 1.29 is 0 Å². The van der Waals surface area contributed by atoms with E-state index < -0.39 is 0 Å². The molecule has 2 aliphatic carbocycles. The maximum Gasteiger partial charge on any atom is 0.0562 e. The molecule has 3 rings (SSSR count). The van der Waals surface area contributed by atoms with Crippen LogP contribution in [0.1, 0.15) is 57.1 Å². The quantitative estimate of drug-likeness (QED) is 0.832. The number of hydrogen-bond donors (Lipinski definition) is 1. The Bertz CT molecular complexity index is 420. The van der Waals surface area contributed by atoms with Gasteiger partial charge in [-0.3, -0.25) is 4.98 Å². The van der Waals surface area contributed by atoms with E-state index in [1.165, 1.54) is 62.7 Å². The number of nitrogens with zero attached hydrogens (tertiary/aromatic N) is 2. The number of nitrogens with one attached hydrogen (secondary N) is 1. The first kappa shape index (κ1) is 13.9. The molecule has 0 amide bonds. The standard InChI is InChI=1S/C17H27N3/c1-20(16-6-4-2-3-5-7-16)17-10-11-18-15(12-17)13-19-14-8-9-14/h10-12,14,16,19H,2-9,13H2,1H3. The maximum absolute atomic E-state index is 4.50. The van der Waals surface area contributed by atoms with Crippen molar-refractivity contribution in [1.29, 1.82) is 0 Å². The third kappa shape index (κ3) is 3.72.